The van der Waals surface area contributed by atoms with Gasteiger partial charge in [0, 0.05) is 5.56 Å². The first-order valence-electron chi connectivity index (χ1n) is 9.93. The lowest BCUT2D eigenvalue weighted by atomic mass is 9.90. The number of hydrogen-bond acceptors (Lipinski definition) is 6. The first kappa shape index (κ1) is 22.2. The fourth-order valence-corrected chi connectivity index (χ4v) is 7.54. The molecule has 0 amide bonds. The summed E-state index contributed by atoms with van der Waals surface area (Å²) in [6, 6.07) is 21.3. The number of cyclic esters (lactones) is 1. The van der Waals surface area contributed by atoms with Gasteiger partial charge in [0.05, 0.1) is 21.9 Å². The molecule has 0 saturated heterocycles. The van der Waals surface area contributed by atoms with E-state index < -0.39 is 38.2 Å². The van der Waals surface area contributed by atoms with Gasteiger partial charge in [-0.1, -0.05) is 65.2 Å². The van der Waals surface area contributed by atoms with Crippen molar-refractivity contribution in [1.82, 2.24) is 3.71 Å². The smallest absolute Gasteiger partial charge is 0.339 e. The van der Waals surface area contributed by atoms with Crippen molar-refractivity contribution in [2.75, 3.05) is 6.54 Å². The summed E-state index contributed by atoms with van der Waals surface area (Å²) >= 11 is 0. The maximum absolute atomic E-state index is 13.6. The van der Waals surface area contributed by atoms with Crippen molar-refractivity contribution >= 4 is 26.0 Å². The number of sulfonamides is 2. The van der Waals surface area contributed by atoms with E-state index in [1.165, 1.54) is 48.5 Å². The third-order valence-corrected chi connectivity index (χ3v) is 9.74. The predicted octanol–water partition coefficient (Wildman–Crippen LogP) is 3.54. The van der Waals surface area contributed by atoms with Gasteiger partial charge >= 0.3 is 5.97 Å². The summed E-state index contributed by atoms with van der Waals surface area (Å²) < 4.78 is 60.5. The number of benzene rings is 3. The molecule has 32 heavy (non-hydrogen) atoms. The van der Waals surface area contributed by atoms with Gasteiger partial charge in [0.15, 0.2) is 5.60 Å². The highest BCUT2D eigenvalue weighted by Crippen LogP contribution is 2.41. The molecule has 0 spiro atoms. The van der Waals surface area contributed by atoms with E-state index in [1.54, 1.807) is 43.3 Å². The largest absolute Gasteiger partial charge is 0.449 e. The van der Waals surface area contributed by atoms with Gasteiger partial charge in [-0.05, 0) is 36.8 Å². The molecule has 4 rings (SSSR count). The van der Waals surface area contributed by atoms with Gasteiger partial charge in [0.25, 0.3) is 20.0 Å². The van der Waals surface area contributed by atoms with Crippen molar-refractivity contribution in [3.8, 4) is 0 Å². The van der Waals surface area contributed by atoms with Crippen molar-refractivity contribution < 1.29 is 26.4 Å². The van der Waals surface area contributed by atoms with E-state index in [1.807, 2.05) is 0 Å². The second kappa shape index (κ2) is 8.16. The molecular formula is C23H21NO6S2. The van der Waals surface area contributed by atoms with Gasteiger partial charge in [-0.3, -0.25) is 0 Å². The van der Waals surface area contributed by atoms with Gasteiger partial charge in [-0.15, -0.1) is 0 Å². The first-order valence-corrected chi connectivity index (χ1v) is 12.8. The van der Waals surface area contributed by atoms with Gasteiger partial charge in [-0.2, -0.15) is 0 Å². The molecule has 1 heterocycles. The van der Waals surface area contributed by atoms with E-state index in [4.69, 9.17) is 4.74 Å². The molecule has 0 unspecified atom stereocenters. The maximum atomic E-state index is 13.6. The highest BCUT2D eigenvalue weighted by Gasteiger charge is 2.50. The van der Waals surface area contributed by atoms with E-state index >= 15 is 0 Å². The van der Waals surface area contributed by atoms with E-state index in [9.17, 15) is 21.6 Å². The Bertz CT molecular complexity index is 1290. The summed E-state index contributed by atoms with van der Waals surface area (Å²) in [7, 11) is -9.02. The summed E-state index contributed by atoms with van der Waals surface area (Å²) in [5, 5.41) is 0. The SMILES string of the molecule is CC[C@]1(CN(S(=O)(=O)c2ccccc2)S(=O)(=O)c2ccccc2)OC(=O)c2ccccc21. The first-order chi connectivity index (χ1) is 15.2. The zero-order chi connectivity index (χ0) is 23.0. The minimum Gasteiger partial charge on any atom is -0.449 e. The van der Waals surface area contributed by atoms with Crippen LogP contribution in [0, 0.1) is 0 Å². The lowest BCUT2D eigenvalue weighted by molar-refractivity contribution is -0.0134. The molecule has 0 aliphatic carbocycles. The quantitative estimate of drug-likeness (QED) is 0.489. The number of carbonyl (C=O) groups excluding carboxylic acids is 1. The Morgan fingerprint density at radius 3 is 1.72 bits per heavy atom. The molecule has 1 aliphatic heterocycles. The molecule has 3 aromatic rings. The zero-order valence-corrected chi connectivity index (χ0v) is 18.8. The molecule has 0 radical (unpaired) electrons. The standard InChI is InChI=1S/C23H21NO6S2/c1-2-23(21-16-10-9-15-20(21)22(25)30-23)17-24(31(26,27)18-11-5-3-6-12-18)32(28,29)19-13-7-4-8-14-19/h3-16H,2,17H2,1H3/t23-/m1/s1. The van der Waals surface area contributed by atoms with Crippen LogP contribution in [0.2, 0.25) is 0 Å². The molecular weight excluding hydrogens is 450 g/mol. The van der Waals surface area contributed by atoms with Crippen LogP contribution in [0.5, 0.6) is 0 Å². The Labute approximate surface area is 187 Å². The van der Waals surface area contributed by atoms with Crippen LogP contribution in [0.4, 0.5) is 0 Å². The van der Waals surface area contributed by atoms with Crippen LogP contribution in [-0.4, -0.2) is 33.1 Å². The molecule has 9 heteroatoms. The van der Waals surface area contributed by atoms with Crippen molar-refractivity contribution in [3.05, 3.63) is 96.1 Å². The number of fused-ring (bicyclic) bond motifs is 1. The number of carbonyl (C=O) groups is 1. The molecule has 0 bridgehead atoms. The van der Waals surface area contributed by atoms with Crippen molar-refractivity contribution in [3.63, 3.8) is 0 Å². The lowest BCUT2D eigenvalue weighted by Gasteiger charge is -2.33. The Kier molecular flexibility index (Phi) is 5.66. The number of esters is 1. The van der Waals surface area contributed by atoms with Crippen LogP contribution in [0.15, 0.2) is 94.7 Å². The second-order valence-electron chi connectivity index (χ2n) is 7.35. The minimum absolute atomic E-state index is 0.177. The molecule has 166 valence electrons. The number of nitrogens with zero attached hydrogens (tertiary/aromatic N) is 1. The van der Waals surface area contributed by atoms with Crippen LogP contribution in [0.1, 0.15) is 29.3 Å². The molecule has 0 aromatic heterocycles. The highest BCUT2D eigenvalue weighted by atomic mass is 32.3. The highest BCUT2D eigenvalue weighted by molar-refractivity contribution is 8.04. The average Bonchev–Trinajstić information content (AvgIpc) is 3.11. The van der Waals surface area contributed by atoms with Crippen molar-refractivity contribution in [2.45, 2.75) is 28.7 Å². The van der Waals surface area contributed by atoms with E-state index in [2.05, 4.69) is 0 Å². The van der Waals surface area contributed by atoms with Gasteiger partial charge < -0.3 is 4.74 Å². The summed E-state index contributed by atoms with van der Waals surface area (Å²) in [5.41, 5.74) is -0.690. The Hall–Kier alpha value is -3.01. The molecule has 0 N–H and O–H groups in total. The topological polar surface area (TPSA) is 97.8 Å². The van der Waals surface area contributed by atoms with Crippen molar-refractivity contribution in [1.29, 1.82) is 0 Å². The Morgan fingerprint density at radius 2 is 1.22 bits per heavy atom. The van der Waals surface area contributed by atoms with Crippen LogP contribution in [-0.2, 0) is 30.4 Å². The van der Waals surface area contributed by atoms with E-state index in [0.717, 1.165) is 0 Å². The molecule has 3 aromatic carbocycles. The van der Waals surface area contributed by atoms with Crippen LogP contribution < -0.4 is 0 Å². The van der Waals surface area contributed by atoms with E-state index in [-0.39, 0.29) is 16.2 Å². The normalized spacial score (nSPS) is 18.4. The molecule has 7 nitrogen and oxygen atoms in total. The minimum atomic E-state index is -4.51. The molecule has 1 aliphatic rings. The zero-order valence-electron chi connectivity index (χ0n) is 17.2. The summed E-state index contributed by atoms with van der Waals surface area (Å²) in [6.07, 6.45) is 0.181. The summed E-state index contributed by atoms with van der Waals surface area (Å²) in [6.45, 7) is 1.14. The predicted molar refractivity (Wildman–Crippen MR) is 118 cm³/mol. The van der Waals surface area contributed by atoms with E-state index in [0.29, 0.717) is 14.8 Å². The number of hydrogen-bond donors (Lipinski definition) is 0. The maximum Gasteiger partial charge on any atom is 0.339 e. The fourth-order valence-electron chi connectivity index (χ4n) is 3.77. The monoisotopic (exact) mass is 471 g/mol. The van der Waals surface area contributed by atoms with Crippen LogP contribution in [0.3, 0.4) is 0 Å². The van der Waals surface area contributed by atoms with Crippen LogP contribution >= 0.6 is 0 Å². The van der Waals surface area contributed by atoms with Crippen LogP contribution in [0.25, 0.3) is 0 Å². The summed E-state index contributed by atoms with van der Waals surface area (Å²) in [5.74, 6) is -0.614. The summed E-state index contributed by atoms with van der Waals surface area (Å²) in [4.78, 5) is 12.2. The molecule has 0 saturated carbocycles. The fraction of sp³-hybridized carbons (Fsp3) is 0.174. The third-order valence-electron chi connectivity index (χ3n) is 5.50. The average molecular weight is 472 g/mol. The Balaban J connectivity index is 1.91. The molecule has 0 fully saturated rings. The second-order valence-corrected chi connectivity index (χ2v) is 11.3. The lowest BCUT2D eigenvalue weighted by Crippen LogP contribution is -2.46. The number of rotatable bonds is 7. The van der Waals surface area contributed by atoms with Crippen molar-refractivity contribution in [2.24, 2.45) is 0 Å². The van der Waals surface area contributed by atoms with Gasteiger partial charge in [0.1, 0.15) is 0 Å². The van der Waals surface area contributed by atoms with Gasteiger partial charge in [-0.25, -0.2) is 21.6 Å². The van der Waals surface area contributed by atoms with Gasteiger partial charge in [0.2, 0.25) is 0 Å². The third kappa shape index (κ3) is 3.62. The number of ether oxygens (including phenoxy) is 1. The molecule has 1 atom stereocenters. The Morgan fingerprint density at radius 1 is 0.750 bits per heavy atom.